The quantitative estimate of drug-likeness (QED) is 0.504. The number of hydrogen-bond donors (Lipinski definition) is 1. The van der Waals surface area contributed by atoms with E-state index in [0.29, 0.717) is 19.1 Å². The van der Waals surface area contributed by atoms with Crippen LogP contribution in [0.4, 0.5) is 18.9 Å². The number of alkyl halides is 3. The Kier molecular flexibility index (Phi) is 8.25. The lowest BCUT2D eigenvalue weighted by atomic mass is 9.93. The predicted octanol–water partition coefficient (Wildman–Crippen LogP) is 4.86. The number of nitrogens with zero attached hydrogens (tertiary/aromatic N) is 3. The van der Waals surface area contributed by atoms with Gasteiger partial charge in [-0.3, -0.25) is 9.69 Å². The number of amides is 1. The number of halogens is 3. The summed E-state index contributed by atoms with van der Waals surface area (Å²) >= 11 is 0. The topological polar surface area (TPSA) is 38.8 Å². The summed E-state index contributed by atoms with van der Waals surface area (Å²) in [5.74, 6) is 0.620. The van der Waals surface area contributed by atoms with Crippen LogP contribution in [0.2, 0.25) is 0 Å². The van der Waals surface area contributed by atoms with E-state index in [0.717, 1.165) is 37.2 Å². The van der Waals surface area contributed by atoms with Crippen molar-refractivity contribution in [2.24, 2.45) is 5.92 Å². The van der Waals surface area contributed by atoms with Crippen LogP contribution in [0.3, 0.4) is 0 Å². The number of nitrogens with one attached hydrogen (secondary N) is 1. The minimum absolute atomic E-state index is 0.0399. The van der Waals surface area contributed by atoms with Crippen LogP contribution in [0, 0.1) is 5.92 Å². The van der Waals surface area contributed by atoms with E-state index in [2.05, 4.69) is 23.2 Å². The number of fused-ring (bicyclic) bond motifs is 1. The summed E-state index contributed by atoms with van der Waals surface area (Å²) < 4.78 is 40.6. The largest absolute Gasteiger partial charge is 0.416 e. The van der Waals surface area contributed by atoms with E-state index >= 15 is 0 Å². The number of benzene rings is 2. The van der Waals surface area contributed by atoms with Gasteiger partial charge in [0.05, 0.1) is 12.1 Å². The molecule has 196 valence electrons. The van der Waals surface area contributed by atoms with Crippen LogP contribution in [0.5, 0.6) is 0 Å². The minimum Gasteiger partial charge on any atom is -0.376 e. The standard InChI is InChI=1S/C28H37F3N4O/c1-20-15-24-22(18-35(20)17-21-11-12-21)8-6-10-26(24)32-16-27(36)34(14-13-33(2)3)19-23-7-4-5-9-25(23)28(29,30)31/h4-10,20-21,32H,11-19H2,1-3H3. The van der Waals surface area contributed by atoms with Crippen LogP contribution in [0.15, 0.2) is 42.5 Å². The highest BCUT2D eigenvalue weighted by atomic mass is 19.4. The highest BCUT2D eigenvalue weighted by Crippen LogP contribution is 2.35. The lowest BCUT2D eigenvalue weighted by Crippen LogP contribution is -2.41. The fraction of sp³-hybridized carbons (Fsp3) is 0.536. The average Bonchev–Trinajstić information content (AvgIpc) is 3.64. The van der Waals surface area contributed by atoms with Crippen molar-refractivity contribution < 1.29 is 18.0 Å². The summed E-state index contributed by atoms with van der Waals surface area (Å²) in [6.07, 6.45) is -0.879. The molecule has 0 spiro atoms. The van der Waals surface area contributed by atoms with E-state index in [1.54, 1.807) is 6.07 Å². The zero-order chi connectivity index (χ0) is 25.9. The average molecular weight is 503 g/mol. The van der Waals surface area contributed by atoms with Crippen molar-refractivity contribution in [1.29, 1.82) is 0 Å². The summed E-state index contributed by atoms with van der Waals surface area (Å²) in [5, 5.41) is 3.31. The molecule has 4 rings (SSSR count). The zero-order valence-electron chi connectivity index (χ0n) is 21.4. The Balaban J connectivity index is 1.46. The van der Waals surface area contributed by atoms with Gasteiger partial charge in [-0.15, -0.1) is 0 Å². The van der Waals surface area contributed by atoms with Gasteiger partial charge in [-0.2, -0.15) is 13.2 Å². The van der Waals surface area contributed by atoms with Crippen LogP contribution in [0.1, 0.15) is 42.0 Å². The lowest BCUT2D eigenvalue weighted by Gasteiger charge is -2.36. The molecule has 1 aliphatic heterocycles. The molecule has 1 unspecified atom stereocenters. The number of likely N-dealkylation sites (N-methyl/N-ethyl adjacent to an activating group) is 1. The van der Waals surface area contributed by atoms with Crippen LogP contribution in [-0.4, -0.2) is 66.9 Å². The summed E-state index contributed by atoms with van der Waals surface area (Å²) in [5.41, 5.74) is 2.89. The third-order valence-corrected chi connectivity index (χ3v) is 7.24. The summed E-state index contributed by atoms with van der Waals surface area (Å²) in [6, 6.07) is 12.1. The van der Waals surface area contributed by atoms with E-state index in [1.807, 2.05) is 31.1 Å². The molecule has 1 N–H and O–H groups in total. The molecule has 5 nitrogen and oxygen atoms in total. The molecule has 1 amide bonds. The Morgan fingerprint density at radius 2 is 1.83 bits per heavy atom. The molecule has 1 atom stereocenters. The Bertz CT molecular complexity index is 1050. The molecule has 2 aliphatic rings. The second-order valence-electron chi connectivity index (χ2n) is 10.5. The van der Waals surface area contributed by atoms with E-state index < -0.39 is 11.7 Å². The molecular weight excluding hydrogens is 465 g/mol. The Morgan fingerprint density at radius 3 is 2.53 bits per heavy atom. The van der Waals surface area contributed by atoms with Gasteiger partial charge in [-0.25, -0.2) is 0 Å². The van der Waals surface area contributed by atoms with Crippen molar-refractivity contribution in [2.75, 3.05) is 45.6 Å². The van der Waals surface area contributed by atoms with E-state index in [9.17, 15) is 18.0 Å². The van der Waals surface area contributed by atoms with Gasteiger partial charge in [-0.1, -0.05) is 30.3 Å². The van der Waals surface area contributed by atoms with Gasteiger partial charge in [0.15, 0.2) is 0 Å². The molecule has 1 aliphatic carbocycles. The SMILES string of the molecule is CC1Cc2c(cccc2NCC(=O)N(CCN(C)C)Cc2ccccc2C(F)(F)F)CN1CC1CC1. The fourth-order valence-corrected chi connectivity index (χ4v) is 4.90. The molecule has 1 saturated carbocycles. The third-order valence-electron chi connectivity index (χ3n) is 7.24. The van der Waals surface area contributed by atoms with Gasteiger partial charge in [0.1, 0.15) is 0 Å². The highest BCUT2D eigenvalue weighted by Gasteiger charge is 2.34. The molecule has 2 aromatic rings. The Hall–Kier alpha value is -2.58. The smallest absolute Gasteiger partial charge is 0.376 e. The van der Waals surface area contributed by atoms with Gasteiger partial charge in [0.25, 0.3) is 0 Å². The van der Waals surface area contributed by atoms with Gasteiger partial charge in [0.2, 0.25) is 5.91 Å². The fourth-order valence-electron chi connectivity index (χ4n) is 4.90. The van der Waals surface area contributed by atoms with Crippen molar-refractivity contribution in [2.45, 2.75) is 51.5 Å². The number of anilines is 1. The summed E-state index contributed by atoms with van der Waals surface area (Å²) in [7, 11) is 3.77. The number of hydrogen-bond acceptors (Lipinski definition) is 4. The van der Waals surface area contributed by atoms with E-state index in [1.165, 1.54) is 41.0 Å². The van der Waals surface area contributed by atoms with E-state index in [-0.39, 0.29) is 24.6 Å². The van der Waals surface area contributed by atoms with Crippen molar-refractivity contribution >= 4 is 11.6 Å². The maximum absolute atomic E-state index is 13.5. The van der Waals surface area contributed by atoms with Crippen LogP contribution in [-0.2, 0) is 30.5 Å². The van der Waals surface area contributed by atoms with Crippen molar-refractivity contribution in [3.05, 3.63) is 64.7 Å². The number of carbonyl (C=O) groups excluding carboxylic acids is 1. The molecule has 8 heteroatoms. The van der Waals surface area contributed by atoms with Gasteiger partial charge in [0, 0.05) is 44.5 Å². The van der Waals surface area contributed by atoms with Gasteiger partial charge < -0.3 is 15.1 Å². The maximum Gasteiger partial charge on any atom is 0.416 e. The van der Waals surface area contributed by atoms with E-state index in [4.69, 9.17) is 0 Å². The normalized spacial score (nSPS) is 18.2. The predicted molar refractivity (Wildman–Crippen MR) is 137 cm³/mol. The zero-order valence-corrected chi connectivity index (χ0v) is 21.4. The van der Waals surface area contributed by atoms with Gasteiger partial charge >= 0.3 is 6.18 Å². The Labute approximate surface area is 212 Å². The Morgan fingerprint density at radius 1 is 1.08 bits per heavy atom. The molecular formula is C28H37F3N4O. The first-order valence-corrected chi connectivity index (χ1v) is 12.8. The molecule has 36 heavy (non-hydrogen) atoms. The second-order valence-corrected chi connectivity index (χ2v) is 10.5. The molecule has 1 fully saturated rings. The number of carbonyl (C=O) groups is 1. The second kappa shape index (κ2) is 11.2. The monoisotopic (exact) mass is 502 g/mol. The highest BCUT2D eigenvalue weighted by molar-refractivity contribution is 5.81. The molecule has 1 heterocycles. The van der Waals surface area contributed by atoms with Crippen molar-refractivity contribution in [3.63, 3.8) is 0 Å². The van der Waals surface area contributed by atoms with Crippen LogP contribution < -0.4 is 5.32 Å². The molecule has 2 aromatic carbocycles. The molecule has 0 saturated heterocycles. The minimum atomic E-state index is -4.46. The first kappa shape index (κ1) is 26.5. The number of rotatable bonds is 10. The van der Waals surface area contributed by atoms with Crippen molar-refractivity contribution in [3.8, 4) is 0 Å². The molecule has 0 aromatic heterocycles. The van der Waals surface area contributed by atoms with Crippen molar-refractivity contribution in [1.82, 2.24) is 14.7 Å². The molecule has 0 bridgehead atoms. The van der Waals surface area contributed by atoms with Crippen LogP contribution >= 0.6 is 0 Å². The third kappa shape index (κ3) is 6.79. The maximum atomic E-state index is 13.5. The first-order valence-electron chi connectivity index (χ1n) is 12.8. The lowest BCUT2D eigenvalue weighted by molar-refractivity contribution is -0.139. The summed E-state index contributed by atoms with van der Waals surface area (Å²) in [4.78, 5) is 19.3. The van der Waals surface area contributed by atoms with Crippen LogP contribution in [0.25, 0.3) is 0 Å². The summed E-state index contributed by atoms with van der Waals surface area (Å²) in [6.45, 7) is 5.20. The van der Waals surface area contributed by atoms with Gasteiger partial charge in [-0.05, 0) is 75.0 Å². The molecule has 0 radical (unpaired) electrons. The first-order chi connectivity index (χ1) is 17.1.